The van der Waals surface area contributed by atoms with Gasteiger partial charge < -0.3 is 10.4 Å². The minimum atomic E-state index is -0.830. The first-order chi connectivity index (χ1) is 10.1. The van der Waals surface area contributed by atoms with E-state index in [2.05, 4.69) is 5.32 Å². The van der Waals surface area contributed by atoms with Crippen LogP contribution in [-0.2, 0) is 0 Å². The number of nitrogens with one attached hydrogen (secondary N) is 1. The Morgan fingerprint density at radius 2 is 1.81 bits per heavy atom. The number of rotatable bonds is 3. The van der Waals surface area contributed by atoms with Gasteiger partial charge in [0.15, 0.2) is 0 Å². The summed E-state index contributed by atoms with van der Waals surface area (Å²) in [6.45, 7) is 0. The molecule has 0 aromatic heterocycles. The molecule has 1 aliphatic heterocycles. The molecule has 2 N–H and O–H groups in total. The van der Waals surface area contributed by atoms with Crippen molar-refractivity contribution in [1.82, 2.24) is 5.32 Å². The Morgan fingerprint density at radius 3 is 2.52 bits per heavy atom. The van der Waals surface area contributed by atoms with Gasteiger partial charge >= 0.3 is 0 Å². The molecule has 110 valence electrons. The van der Waals surface area contributed by atoms with Gasteiger partial charge in [0.25, 0.3) is 0 Å². The predicted molar refractivity (Wildman–Crippen MR) is 81.7 cm³/mol. The van der Waals surface area contributed by atoms with E-state index in [0.29, 0.717) is 10.6 Å². The predicted octanol–water partition coefficient (Wildman–Crippen LogP) is 4.01. The summed E-state index contributed by atoms with van der Waals surface area (Å²) in [4.78, 5) is 0. The molecule has 0 radical (unpaired) electrons. The Bertz CT molecular complexity index is 616. The average molecular weight is 306 g/mol. The van der Waals surface area contributed by atoms with Gasteiger partial charge in [0.2, 0.25) is 0 Å². The molecular formula is C17H17ClFNO. The summed E-state index contributed by atoms with van der Waals surface area (Å²) in [5, 5.41) is 14.5. The van der Waals surface area contributed by atoms with Crippen molar-refractivity contribution in [2.75, 3.05) is 0 Å². The second-order valence-corrected chi connectivity index (χ2v) is 5.86. The third-order valence-corrected chi connectivity index (χ3v) is 4.31. The lowest BCUT2D eigenvalue weighted by atomic mass is 10.0. The average Bonchev–Trinajstić information content (AvgIpc) is 2.98. The van der Waals surface area contributed by atoms with E-state index in [0.717, 1.165) is 18.4 Å². The van der Waals surface area contributed by atoms with Crippen LogP contribution < -0.4 is 5.32 Å². The zero-order valence-corrected chi connectivity index (χ0v) is 12.2. The Balaban J connectivity index is 1.72. The molecular weight excluding hydrogens is 289 g/mol. The summed E-state index contributed by atoms with van der Waals surface area (Å²) < 4.78 is 13.8. The Labute approximate surface area is 128 Å². The molecule has 0 spiro atoms. The summed E-state index contributed by atoms with van der Waals surface area (Å²) in [6, 6.07) is 14.1. The molecule has 1 fully saturated rings. The Hall–Kier alpha value is -1.42. The van der Waals surface area contributed by atoms with Crippen molar-refractivity contribution in [2.45, 2.75) is 31.0 Å². The minimum absolute atomic E-state index is 0.137. The molecule has 0 unspecified atom stereocenters. The monoisotopic (exact) mass is 305 g/mol. The smallest absolute Gasteiger partial charge is 0.129 e. The highest BCUT2D eigenvalue weighted by Gasteiger charge is 2.31. The van der Waals surface area contributed by atoms with Crippen LogP contribution in [0.1, 0.15) is 36.1 Å². The largest absolute Gasteiger partial charge is 0.387 e. The molecule has 1 saturated heterocycles. The second-order valence-electron chi connectivity index (χ2n) is 5.42. The maximum absolute atomic E-state index is 13.8. The molecule has 0 bridgehead atoms. The minimum Gasteiger partial charge on any atom is -0.387 e. The fraction of sp³-hybridized carbons (Fsp3) is 0.294. The van der Waals surface area contributed by atoms with Gasteiger partial charge in [-0.3, -0.25) is 0 Å². The normalized spacial score (nSPS) is 23.2. The molecule has 2 aromatic rings. The van der Waals surface area contributed by atoms with Crippen molar-refractivity contribution >= 4 is 11.6 Å². The standard InChI is InChI=1S/C17H17ClFNO/c18-12-7-5-11(6-8-12)15-9-10-16(20-15)17(21)13-3-1-2-4-14(13)19/h1-8,15-17,20-21H,9-10H2/t15-,16-,17+/m1/s1. The Morgan fingerprint density at radius 1 is 1.10 bits per heavy atom. The van der Waals surface area contributed by atoms with Crippen LogP contribution >= 0.6 is 11.6 Å². The van der Waals surface area contributed by atoms with Gasteiger partial charge in [-0.15, -0.1) is 0 Å². The van der Waals surface area contributed by atoms with Gasteiger partial charge in [-0.25, -0.2) is 4.39 Å². The highest BCUT2D eigenvalue weighted by atomic mass is 35.5. The zero-order valence-electron chi connectivity index (χ0n) is 11.5. The van der Waals surface area contributed by atoms with Crippen molar-refractivity contribution in [1.29, 1.82) is 0 Å². The maximum Gasteiger partial charge on any atom is 0.129 e. The number of halogens is 2. The summed E-state index contributed by atoms with van der Waals surface area (Å²) in [7, 11) is 0. The van der Waals surface area contributed by atoms with Crippen molar-refractivity contribution < 1.29 is 9.50 Å². The first kappa shape index (κ1) is 14.5. The summed E-state index contributed by atoms with van der Waals surface area (Å²) in [5.74, 6) is -0.359. The highest BCUT2D eigenvalue weighted by Crippen LogP contribution is 2.33. The van der Waals surface area contributed by atoms with Gasteiger partial charge in [-0.05, 0) is 36.6 Å². The van der Waals surface area contributed by atoms with Crippen LogP contribution in [0.15, 0.2) is 48.5 Å². The van der Waals surface area contributed by atoms with E-state index in [9.17, 15) is 9.50 Å². The van der Waals surface area contributed by atoms with E-state index in [1.807, 2.05) is 24.3 Å². The topological polar surface area (TPSA) is 32.3 Å². The van der Waals surface area contributed by atoms with Crippen LogP contribution in [0.3, 0.4) is 0 Å². The number of aliphatic hydroxyl groups is 1. The van der Waals surface area contributed by atoms with E-state index in [-0.39, 0.29) is 17.9 Å². The van der Waals surface area contributed by atoms with E-state index in [1.54, 1.807) is 18.2 Å². The van der Waals surface area contributed by atoms with Crippen LogP contribution in [0.4, 0.5) is 4.39 Å². The van der Waals surface area contributed by atoms with Crippen molar-refractivity contribution in [3.8, 4) is 0 Å². The number of hydrogen-bond donors (Lipinski definition) is 2. The fourth-order valence-electron chi connectivity index (χ4n) is 2.91. The van der Waals surface area contributed by atoms with Crippen LogP contribution in [0, 0.1) is 5.82 Å². The van der Waals surface area contributed by atoms with E-state index >= 15 is 0 Å². The van der Waals surface area contributed by atoms with Crippen molar-refractivity contribution in [3.63, 3.8) is 0 Å². The molecule has 4 heteroatoms. The molecule has 3 rings (SSSR count). The first-order valence-corrected chi connectivity index (χ1v) is 7.47. The fourth-order valence-corrected chi connectivity index (χ4v) is 3.04. The summed E-state index contributed by atoms with van der Waals surface area (Å²) >= 11 is 5.89. The van der Waals surface area contributed by atoms with Crippen molar-refractivity contribution in [3.05, 3.63) is 70.5 Å². The first-order valence-electron chi connectivity index (χ1n) is 7.09. The highest BCUT2D eigenvalue weighted by molar-refractivity contribution is 6.30. The van der Waals surface area contributed by atoms with Gasteiger partial charge in [-0.1, -0.05) is 41.9 Å². The van der Waals surface area contributed by atoms with E-state index in [4.69, 9.17) is 11.6 Å². The lowest BCUT2D eigenvalue weighted by Gasteiger charge is -2.21. The van der Waals surface area contributed by atoms with Crippen LogP contribution in [0.2, 0.25) is 5.02 Å². The maximum atomic E-state index is 13.8. The molecule has 21 heavy (non-hydrogen) atoms. The lowest BCUT2D eigenvalue weighted by Crippen LogP contribution is -2.30. The molecule has 2 nitrogen and oxygen atoms in total. The molecule has 1 aliphatic rings. The molecule has 2 aromatic carbocycles. The van der Waals surface area contributed by atoms with Crippen molar-refractivity contribution in [2.24, 2.45) is 0 Å². The van der Waals surface area contributed by atoms with Crippen LogP contribution in [-0.4, -0.2) is 11.1 Å². The molecule has 0 amide bonds. The SMILES string of the molecule is O[C@@H](c1ccccc1F)[C@H]1CC[C@H](c2ccc(Cl)cc2)N1. The van der Waals surface area contributed by atoms with Gasteiger partial charge in [0, 0.05) is 22.7 Å². The lowest BCUT2D eigenvalue weighted by molar-refractivity contribution is 0.131. The third kappa shape index (κ3) is 3.10. The van der Waals surface area contributed by atoms with Gasteiger partial charge in [0.05, 0.1) is 6.10 Å². The van der Waals surface area contributed by atoms with Gasteiger partial charge in [0.1, 0.15) is 5.82 Å². The number of hydrogen-bond acceptors (Lipinski definition) is 2. The second kappa shape index (κ2) is 6.14. The summed E-state index contributed by atoms with van der Waals surface area (Å²) in [5.41, 5.74) is 1.49. The quantitative estimate of drug-likeness (QED) is 0.898. The van der Waals surface area contributed by atoms with Crippen LogP contribution in [0.5, 0.6) is 0 Å². The van der Waals surface area contributed by atoms with E-state index in [1.165, 1.54) is 6.07 Å². The van der Waals surface area contributed by atoms with Crippen LogP contribution in [0.25, 0.3) is 0 Å². The Kier molecular flexibility index (Phi) is 4.24. The number of benzene rings is 2. The molecule has 0 saturated carbocycles. The molecule has 0 aliphatic carbocycles. The van der Waals surface area contributed by atoms with Gasteiger partial charge in [-0.2, -0.15) is 0 Å². The zero-order chi connectivity index (χ0) is 14.8. The third-order valence-electron chi connectivity index (χ3n) is 4.06. The molecule has 3 atom stereocenters. The number of aliphatic hydroxyl groups excluding tert-OH is 1. The summed E-state index contributed by atoms with van der Waals surface area (Å²) in [6.07, 6.45) is 0.893. The molecule has 1 heterocycles. The van der Waals surface area contributed by atoms with E-state index < -0.39 is 6.10 Å².